The van der Waals surface area contributed by atoms with Gasteiger partial charge in [-0.3, -0.25) is 10.1 Å². The second-order valence-electron chi connectivity index (χ2n) is 3.93. The third kappa shape index (κ3) is 3.42. The van der Waals surface area contributed by atoms with Gasteiger partial charge < -0.3 is 5.32 Å². The molecule has 5 nitrogen and oxygen atoms in total. The predicted molar refractivity (Wildman–Crippen MR) is 77.2 cm³/mol. The summed E-state index contributed by atoms with van der Waals surface area (Å²) in [6.07, 6.45) is 0.716. The number of nitro benzene ring substituents is 1. The van der Waals surface area contributed by atoms with Gasteiger partial charge in [0.05, 0.1) is 15.6 Å². The zero-order chi connectivity index (χ0) is 13.8. The SMILES string of the molecule is Cc1nc(CCNc2cccc(Cl)c2[N+](=O)[O-])cs1. The molecule has 0 aliphatic rings. The number of nitrogens with one attached hydrogen (secondary N) is 1. The van der Waals surface area contributed by atoms with Gasteiger partial charge in [-0.15, -0.1) is 11.3 Å². The number of benzene rings is 1. The third-order valence-corrected chi connectivity index (χ3v) is 3.66. The maximum absolute atomic E-state index is 10.9. The van der Waals surface area contributed by atoms with Crippen molar-refractivity contribution in [2.24, 2.45) is 0 Å². The number of rotatable bonds is 5. The van der Waals surface area contributed by atoms with Crippen LogP contribution in [0.5, 0.6) is 0 Å². The fourth-order valence-electron chi connectivity index (χ4n) is 1.69. The molecule has 0 saturated carbocycles. The molecular formula is C12H12ClN3O2S. The van der Waals surface area contributed by atoms with Gasteiger partial charge in [-0.05, 0) is 19.1 Å². The molecule has 0 amide bonds. The van der Waals surface area contributed by atoms with Crippen molar-refractivity contribution >= 4 is 34.3 Å². The Morgan fingerprint density at radius 3 is 2.95 bits per heavy atom. The highest BCUT2D eigenvalue weighted by Crippen LogP contribution is 2.32. The molecule has 1 N–H and O–H groups in total. The summed E-state index contributed by atoms with van der Waals surface area (Å²) in [5.74, 6) is 0. The second kappa shape index (κ2) is 5.99. The van der Waals surface area contributed by atoms with Crippen molar-refractivity contribution in [3.63, 3.8) is 0 Å². The Hall–Kier alpha value is -1.66. The average molecular weight is 298 g/mol. The van der Waals surface area contributed by atoms with Crippen molar-refractivity contribution in [1.29, 1.82) is 0 Å². The van der Waals surface area contributed by atoms with E-state index >= 15 is 0 Å². The van der Waals surface area contributed by atoms with Crippen LogP contribution in [0.3, 0.4) is 0 Å². The number of nitrogens with zero attached hydrogens (tertiary/aromatic N) is 2. The van der Waals surface area contributed by atoms with Crippen LogP contribution in [0.4, 0.5) is 11.4 Å². The lowest BCUT2D eigenvalue weighted by Crippen LogP contribution is -2.07. The largest absolute Gasteiger partial charge is 0.379 e. The normalized spacial score (nSPS) is 10.4. The number of halogens is 1. The molecule has 0 aliphatic heterocycles. The van der Waals surface area contributed by atoms with Gasteiger partial charge in [-0.1, -0.05) is 17.7 Å². The van der Waals surface area contributed by atoms with Crippen molar-refractivity contribution in [1.82, 2.24) is 4.98 Å². The van der Waals surface area contributed by atoms with E-state index in [0.29, 0.717) is 18.7 Å². The molecule has 19 heavy (non-hydrogen) atoms. The molecule has 0 saturated heterocycles. The number of aromatic nitrogens is 1. The quantitative estimate of drug-likeness (QED) is 0.675. The van der Waals surface area contributed by atoms with Crippen LogP contribution in [0.1, 0.15) is 10.7 Å². The Morgan fingerprint density at radius 1 is 1.53 bits per heavy atom. The molecule has 0 atom stereocenters. The van der Waals surface area contributed by atoms with Gasteiger partial charge in [0.2, 0.25) is 0 Å². The molecule has 0 aliphatic carbocycles. The van der Waals surface area contributed by atoms with Gasteiger partial charge in [0.15, 0.2) is 0 Å². The van der Waals surface area contributed by atoms with Crippen LogP contribution in [0, 0.1) is 17.0 Å². The lowest BCUT2D eigenvalue weighted by Gasteiger charge is -2.06. The Kier molecular flexibility index (Phi) is 4.34. The van der Waals surface area contributed by atoms with Gasteiger partial charge >= 0.3 is 5.69 Å². The minimum Gasteiger partial charge on any atom is -0.379 e. The van der Waals surface area contributed by atoms with Crippen molar-refractivity contribution in [2.75, 3.05) is 11.9 Å². The summed E-state index contributed by atoms with van der Waals surface area (Å²) in [5, 5.41) is 17.1. The zero-order valence-electron chi connectivity index (χ0n) is 10.2. The van der Waals surface area contributed by atoms with Gasteiger partial charge in [0.1, 0.15) is 10.7 Å². The van der Waals surface area contributed by atoms with E-state index in [1.165, 1.54) is 6.07 Å². The minimum atomic E-state index is -0.475. The van der Waals surface area contributed by atoms with Crippen LogP contribution in [0.25, 0.3) is 0 Å². The maximum Gasteiger partial charge on any atom is 0.310 e. The topological polar surface area (TPSA) is 68.1 Å². The maximum atomic E-state index is 10.9. The number of aryl methyl sites for hydroxylation is 1. The molecule has 2 rings (SSSR count). The predicted octanol–water partition coefficient (Wildman–Crippen LogP) is 3.67. The van der Waals surface area contributed by atoms with E-state index in [4.69, 9.17) is 11.6 Å². The first-order valence-electron chi connectivity index (χ1n) is 5.65. The van der Waals surface area contributed by atoms with Crippen LogP contribution < -0.4 is 5.32 Å². The number of nitro groups is 1. The summed E-state index contributed by atoms with van der Waals surface area (Å²) in [7, 11) is 0. The Bertz CT molecular complexity index is 600. The van der Waals surface area contributed by atoms with Crippen LogP contribution in [-0.4, -0.2) is 16.5 Å². The molecular weight excluding hydrogens is 286 g/mol. The molecule has 2 aromatic rings. The zero-order valence-corrected chi connectivity index (χ0v) is 11.8. The molecule has 100 valence electrons. The molecule has 0 fully saturated rings. The van der Waals surface area contributed by atoms with Gasteiger partial charge in [0.25, 0.3) is 0 Å². The Balaban J connectivity index is 2.03. The second-order valence-corrected chi connectivity index (χ2v) is 5.40. The number of thiazole rings is 1. The molecule has 0 bridgehead atoms. The fraction of sp³-hybridized carbons (Fsp3) is 0.250. The van der Waals surface area contributed by atoms with E-state index in [0.717, 1.165) is 10.7 Å². The molecule has 7 heteroatoms. The van der Waals surface area contributed by atoms with Gasteiger partial charge in [-0.2, -0.15) is 0 Å². The first-order valence-corrected chi connectivity index (χ1v) is 6.91. The standard InChI is InChI=1S/C12H12ClN3O2S/c1-8-15-9(7-19-8)5-6-14-11-4-2-3-10(13)12(11)16(17)18/h2-4,7,14H,5-6H2,1H3. The number of anilines is 1. The number of hydrogen-bond acceptors (Lipinski definition) is 5. The summed E-state index contributed by atoms with van der Waals surface area (Å²) < 4.78 is 0. The molecule has 1 heterocycles. The highest BCUT2D eigenvalue weighted by Gasteiger charge is 2.17. The Labute approximate surface area is 119 Å². The smallest absolute Gasteiger partial charge is 0.310 e. The summed E-state index contributed by atoms with van der Waals surface area (Å²) in [6.45, 7) is 2.52. The van der Waals surface area contributed by atoms with Crippen molar-refractivity contribution in [2.45, 2.75) is 13.3 Å². The lowest BCUT2D eigenvalue weighted by molar-refractivity contribution is -0.383. The van der Waals surface area contributed by atoms with Crippen LogP contribution in [0.15, 0.2) is 23.6 Å². The van der Waals surface area contributed by atoms with Crippen molar-refractivity contribution in [3.8, 4) is 0 Å². The van der Waals surface area contributed by atoms with Crippen LogP contribution in [-0.2, 0) is 6.42 Å². The van der Waals surface area contributed by atoms with E-state index in [9.17, 15) is 10.1 Å². The molecule has 0 unspecified atom stereocenters. The highest BCUT2D eigenvalue weighted by molar-refractivity contribution is 7.09. The third-order valence-electron chi connectivity index (χ3n) is 2.53. The minimum absolute atomic E-state index is 0.0846. The Morgan fingerprint density at radius 2 is 2.32 bits per heavy atom. The molecule has 1 aromatic heterocycles. The summed E-state index contributed by atoms with van der Waals surface area (Å²) in [6, 6.07) is 4.84. The van der Waals surface area contributed by atoms with Crippen molar-refractivity contribution in [3.05, 3.63) is 49.4 Å². The first-order chi connectivity index (χ1) is 9.08. The van der Waals surface area contributed by atoms with E-state index in [1.807, 2.05) is 12.3 Å². The lowest BCUT2D eigenvalue weighted by atomic mass is 10.2. The van der Waals surface area contributed by atoms with E-state index < -0.39 is 4.92 Å². The van der Waals surface area contributed by atoms with Crippen LogP contribution >= 0.6 is 22.9 Å². The number of para-hydroxylation sites is 1. The summed E-state index contributed by atoms with van der Waals surface area (Å²) >= 11 is 7.42. The molecule has 0 spiro atoms. The van der Waals surface area contributed by atoms with E-state index in [-0.39, 0.29) is 10.7 Å². The summed E-state index contributed by atoms with van der Waals surface area (Å²) in [4.78, 5) is 14.8. The number of hydrogen-bond donors (Lipinski definition) is 1. The summed E-state index contributed by atoms with van der Waals surface area (Å²) in [5.41, 5.74) is 1.34. The fourth-order valence-corrected chi connectivity index (χ4v) is 2.58. The first kappa shape index (κ1) is 13.8. The van der Waals surface area contributed by atoms with Gasteiger partial charge in [-0.25, -0.2) is 4.98 Å². The monoisotopic (exact) mass is 297 g/mol. The average Bonchev–Trinajstić information content (AvgIpc) is 2.74. The molecule has 1 aromatic carbocycles. The van der Waals surface area contributed by atoms with E-state index in [1.54, 1.807) is 23.5 Å². The van der Waals surface area contributed by atoms with Crippen LogP contribution in [0.2, 0.25) is 5.02 Å². The highest BCUT2D eigenvalue weighted by atomic mass is 35.5. The van der Waals surface area contributed by atoms with Crippen molar-refractivity contribution < 1.29 is 4.92 Å². The molecule has 0 radical (unpaired) electrons. The van der Waals surface area contributed by atoms with E-state index in [2.05, 4.69) is 10.3 Å². The van der Waals surface area contributed by atoms with Gasteiger partial charge in [0, 0.05) is 18.3 Å².